The van der Waals surface area contributed by atoms with E-state index in [-0.39, 0.29) is 46.3 Å². The van der Waals surface area contributed by atoms with E-state index in [1.54, 1.807) is 45.1 Å². The van der Waals surface area contributed by atoms with Crippen LogP contribution in [-0.4, -0.2) is 125 Å². The predicted molar refractivity (Wildman–Crippen MR) is 288 cm³/mol. The van der Waals surface area contributed by atoms with Gasteiger partial charge in [0.25, 0.3) is 17.7 Å². The number of hydrogen-bond donors (Lipinski definition) is 3. The van der Waals surface area contributed by atoms with Gasteiger partial charge in [0.05, 0.1) is 73.5 Å². The van der Waals surface area contributed by atoms with Crippen molar-refractivity contribution in [1.82, 2.24) is 10.2 Å². The highest BCUT2D eigenvalue weighted by molar-refractivity contribution is 7.94. The fourth-order valence-corrected chi connectivity index (χ4v) is 8.47. The number of ether oxygens (including phenoxy) is 3. The molecule has 2 aromatic carbocycles. The molecule has 2 aliphatic heterocycles. The molecule has 3 heterocycles. The first-order valence-corrected chi connectivity index (χ1v) is 29.0. The fourth-order valence-electron chi connectivity index (χ4n) is 7.52. The van der Waals surface area contributed by atoms with Crippen LogP contribution in [0.1, 0.15) is 83.3 Å². The summed E-state index contributed by atoms with van der Waals surface area (Å²) < 4.78 is 46.0. The summed E-state index contributed by atoms with van der Waals surface area (Å²) in [5.41, 5.74) is 3.28. The van der Waals surface area contributed by atoms with E-state index in [2.05, 4.69) is 37.7 Å². The molecular weight excluding hydrogens is 1090 g/mol. The maximum atomic E-state index is 14.4. The SMILES string of the molecule is C#CC(C)Oc1cc(N2C(=O)C3=C(CCCC3)C2=O)c(F)cc1Cl.CC1(C)OC(c2ccco2)CN1C(=O)C(Cl)Cl.CCc1cccc(C)c1N(C(=O)CCl)C(C)COC.C[S+](C)C.O=C(O)CNCP(=O)([O-])O. The number of imide groups is 1. The molecule has 410 valence electrons. The molecule has 1 aromatic heterocycles. The molecule has 1 fully saturated rings. The van der Waals surface area contributed by atoms with Crippen LogP contribution in [0, 0.1) is 25.1 Å². The highest BCUT2D eigenvalue weighted by Gasteiger charge is 2.45. The Balaban J connectivity index is 0.000000341. The van der Waals surface area contributed by atoms with E-state index < -0.39 is 60.7 Å². The van der Waals surface area contributed by atoms with Crippen molar-refractivity contribution in [2.24, 2.45) is 0 Å². The second-order valence-electron chi connectivity index (χ2n) is 17.6. The van der Waals surface area contributed by atoms with Crippen LogP contribution in [0.3, 0.4) is 0 Å². The molecule has 17 nitrogen and oxygen atoms in total. The first-order valence-electron chi connectivity index (χ1n) is 23.0. The third-order valence-electron chi connectivity index (χ3n) is 10.7. The number of methoxy groups -OCH3 is 1. The molecule has 4 unspecified atom stereocenters. The highest BCUT2D eigenvalue weighted by Crippen LogP contribution is 2.40. The van der Waals surface area contributed by atoms with E-state index >= 15 is 0 Å². The minimum Gasteiger partial charge on any atom is -0.778 e. The Bertz CT molecular complexity index is 2470. The smallest absolute Gasteiger partial charge is 0.317 e. The van der Waals surface area contributed by atoms with Crippen molar-refractivity contribution >= 4 is 106 Å². The number of para-hydroxylation sites is 1. The van der Waals surface area contributed by atoms with Gasteiger partial charge in [-0.2, -0.15) is 0 Å². The van der Waals surface area contributed by atoms with Crippen LogP contribution >= 0.6 is 54.0 Å². The van der Waals surface area contributed by atoms with E-state index in [4.69, 9.17) is 81.5 Å². The van der Waals surface area contributed by atoms with E-state index in [1.165, 1.54) is 11.0 Å². The molecule has 3 N–H and O–H groups in total. The van der Waals surface area contributed by atoms with Crippen LogP contribution in [0.4, 0.5) is 15.8 Å². The van der Waals surface area contributed by atoms with Crippen molar-refractivity contribution in [2.45, 2.75) is 102 Å². The zero-order valence-corrected chi connectivity index (χ0v) is 47.8. The molecule has 3 aliphatic rings. The number of carboxylic acid groups (broad SMARTS) is 1. The lowest BCUT2D eigenvalue weighted by Gasteiger charge is -2.31. The number of aryl methyl sites for hydroxylation is 2. The van der Waals surface area contributed by atoms with Gasteiger partial charge in [0.1, 0.15) is 42.6 Å². The maximum Gasteiger partial charge on any atom is 0.317 e. The van der Waals surface area contributed by atoms with Gasteiger partial charge < -0.3 is 47.9 Å². The molecular formula is C50H66Cl4FN4O13PS. The number of aliphatic carboxylic acids is 1. The number of terminal acetylenes is 1. The molecule has 1 saturated heterocycles. The molecule has 4 atom stereocenters. The van der Waals surface area contributed by atoms with Gasteiger partial charge in [-0.1, -0.05) is 65.8 Å². The minimum absolute atomic E-state index is 0.0223. The van der Waals surface area contributed by atoms with Crippen LogP contribution < -0.4 is 24.7 Å². The van der Waals surface area contributed by atoms with E-state index in [1.807, 2.05) is 37.4 Å². The first-order chi connectivity index (χ1) is 34.6. The van der Waals surface area contributed by atoms with E-state index in [0.717, 1.165) is 47.0 Å². The lowest BCUT2D eigenvalue weighted by molar-refractivity contribution is -0.193. The van der Waals surface area contributed by atoms with Crippen molar-refractivity contribution in [3.63, 3.8) is 0 Å². The number of alkyl halides is 3. The van der Waals surface area contributed by atoms with Crippen molar-refractivity contribution in [3.05, 3.63) is 87.6 Å². The lowest BCUT2D eigenvalue weighted by Crippen LogP contribution is -2.45. The summed E-state index contributed by atoms with van der Waals surface area (Å²) in [7, 11) is -2.07. The number of rotatable bonds is 15. The number of nitrogens with zero attached hydrogens (tertiary/aromatic N) is 3. The Morgan fingerprint density at radius 1 is 1.09 bits per heavy atom. The molecule has 4 amide bonds. The Morgan fingerprint density at radius 2 is 1.69 bits per heavy atom. The van der Waals surface area contributed by atoms with Gasteiger partial charge in [-0.05, 0) is 107 Å². The number of hydrogen-bond acceptors (Lipinski definition) is 12. The summed E-state index contributed by atoms with van der Waals surface area (Å²) in [5, 5.41) is 10.00. The summed E-state index contributed by atoms with van der Waals surface area (Å²) in [5.74, 6) is -0.141. The third-order valence-corrected chi connectivity index (χ3v) is 12.2. The first kappa shape index (κ1) is 66.0. The zero-order valence-electron chi connectivity index (χ0n) is 43.0. The minimum atomic E-state index is -4.35. The number of carboxylic acids is 1. The maximum absolute atomic E-state index is 14.4. The summed E-state index contributed by atoms with van der Waals surface area (Å²) >= 11 is 22.9. The third kappa shape index (κ3) is 20.1. The number of nitrogens with one attached hydrogen (secondary N) is 1. The standard InChI is InChI=1S/C18H15ClFNO3.C15H22ClNO2.C11H13Cl2NO3.C3H8NO5P.C3H9S/c1-3-10(2)24-16-9-15(14(20)8-13(16)19)21-17(22)11-6-4-5-7-12(11)18(21)23;1-5-13-8-6-7-11(2)15(13)17(14(18)9-16)12(3)10-19-4;1-11(2)14(10(15)9(12)13)6-8(17-11)7-4-3-5-16-7;5-3(6)1-4-2-10(7,8)9;1-4(2)3/h1,8-10H,4-7H2,2H3;6-8,12H,5,9-10H2,1-4H3;3-5,8-9H,6H2,1-2H3;4H,1-2H2,(H,5,6)(H2,7,8,9);1-3H3/q;;;;+1/p-1. The van der Waals surface area contributed by atoms with Crippen LogP contribution in [0.25, 0.3) is 0 Å². The summed E-state index contributed by atoms with van der Waals surface area (Å²) in [6.07, 6.45) is 15.5. The van der Waals surface area contributed by atoms with Gasteiger partial charge in [-0.25, -0.2) is 9.29 Å². The fraction of sp³-hybridized carbons (Fsp3) is 0.500. The predicted octanol–water partition coefficient (Wildman–Crippen LogP) is 8.16. The normalized spacial score (nSPS) is 17.2. The molecule has 6 rings (SSSR count). The number of carbonyl (C=O) groups excluding carboxylic acids is 4. The monoisotopic (exact) mass is 1150 g/mol. The van der Waals surface area contributed by atoms with Gasteiger partial charge in [0.2, 0.25) is 5.91 Å². The number of halogens is 5. The molecule has 0 saturated carbocycles. The van der Waals surface area contributed by atoms with Crippen molar-refractivity contribution in [1.29, 1.82) is 0 Å². The van der Waals surface area contributed by atoms with E-state index in [0.29, 0.717) is 53.8 Å². The number of amides is 4. The average molecular weight is 1150 g/mol. The van der Waals surface area contributed by atoms with Crippen LogP contribution in [0.5, 0.6) is 5.75 Å². The summed E-state index contributed by atoms with van der Waals surface area (Å²) in [4.78, 5) is 80.0. The summed E-state index contributed by atoms with van der Waals surface area (Å²) in [6.45, 7) is 11.7. The Labute approximate surface area is 455 Å². The second-order valence-corrected chi connectivity index (χ2v) is 23.4. The Kier molecular flexibility index (Phi) is 27.8. The second kappa shape index (κ2) is 31.2. The largest absolute Gasteiger partial charge is 0.778 e. The van der Waals surface area contributed by atoms with Crippen molar-refractivity contribution < 1.29 is 66.4 Å². The number of anilines is 2. The molecule has 74 heavy (non-hydrogen) atoms. The van der Waals surface area contributed by atoms with Crippen LogP contribution in [0.2, 0.25) is 5.02 Å². The molecule has 0 bridgehead atoms. The van der Waals surface area contributed by atoms with Crippen LogP contribution in [-0.2, 0) is 55.3 Å². The lowest BCUT2D eigenvalue weighted by atomic mass is 9.93. The van der Waals surface area contributed by atoms with Gasteiger partial charge in [-0.15, -0.1) is 18.0 Å². The Morgan fingerprint density at radius 3 is 2.16 bits per heavy atom. The molecule has 0 radical (unpaired) electrons. The molecule has 0 spiro atoms. The van der Waals surface area contributed by atoms with Gasteiger partial charge in [0, 0.05) is 24.3 Å². The molecule has 1 aliphatic carbocycles. The van der Waals surface area contributed by atoms with Crippen LogP contribution in [0.15, 0.2) is 64.3 Å². The zero-order chi connectivity index (χ0) is 56.2. The quantitative estimate of drug-likeness (QED) is 0.0429. The number of furan rings is 1. The van der Waals surface area contributed by atoms with Crippen molar-refractivity contribution in [3.8, 4) is 18.1 Å². The Hall–Kier alpha value is -4.16. The van der Waals surface area contributed by atoms with Gasteiger partial charge in [-0.3, -0.25) is 29.3 Å². The average Bonchev–Trinajstić information content (AvgIpc) is 4.04. The topological polar surface area (TPSA) is 229 Å². The van der Waals surface area contributed by atoms with Crippen molar-refractivity contribution in [2.75, 3.05) is 67.5 Å². The van der Waals surface area contributed by atoms with E-state index in [9.17, 15) is 37.8 Å². The number of benzene rings is 2. The number of carbonyl (C=O) groups is 5. The van der Waals surface area contributed by atoms with Gasteiger partial charge in [0.15, 0.2) is 10.9 Å². The summed E-state index contributed by atoms with van der Waals surface area (Å²) in [6, 6.07) is 11.9. The van der Waals surface area contributed by atoms with Gasteiger partial charge >= 0.3 is 5.97 Å². The molecule has 3 aromatic rings. The highest BCUT2D eigenvalue weighted by atomic mass is 35.5. The molecule has 24 heteroatoms.